The van der Waals surface area contributed by atoms with E-state index >= 15 is 0 Å². The number of aromatic nitrogens is 3. The molecule has 0 bridgehead atoms. The SMILES string of the molecule is Fc1ccc(C2CCNc3nc(C4CCOC4)nn32)cc1. The van der Waals surface area contributed by atoms with Crippen LogP contribution in [0.25, 0.3) is 0 Å². The van der Waals surface area contributed by atoms with Gasteiger partial charge in [0.15, 0.2) is 5.82 Å². The zero-order valence-electron chi connectivity index (χ0n) is 11.6. The second kappa shape index (κ2) is 5.11. The summed E-state index contributed by atoms with van der Waals surface area (Å²) >= 11 is 0. The number of nitrogens with one attached hydrogen (secondary N) is 1. The molecule has 0 radical (unpaired) electrons. The Hall–Kier alpha value is -1.95. The van der Waals surface area contributed by atoms with Gasteiger partial charge in [0, 0.05) is 19.1 Å². The molecule has 2 atom stereocenters. The van der Waals surface area contributed by atoms with E-state index in [2.05, 4.69) is 15.4 Å². The number of halogens is 1. The Balaban J connectivity index is 1.68. The molecule has 1 N–H and O–H groups in total. The van der Waals surface area contributed by atoms with Gasteiger partial charge in [-0.15, -0.1) is 0 Å². The fourth-order valence-corrected chi connectivity index (χ4v) is 3.02. The van der Waals surface area contributed by atoms with Gasteiger partial charge in [-0.2, -0.15) is 10.1 Å². The summed E-state index contributed by atoms with van der Waals surface area (Å²) < 4.78 is 20.4. The lowest BCUT2D eigenvalue weighted by atomic mass is 10.0. The Bertz CT molecular complexity index is 634. The van der Waals surface area contributed by atoms with Crippen LogP contribution in [0.1, 0.15) is 36.2 Å². The summed E-state index contributed by atoms with van der Waals surface area (Å²) in [6.07, 6.45) is 1.90. The normalized spacial score (nSPS) is 24.6. The number of nitrogens with zero attached hydrogens (tertiary/aromatic N) is 3. The molecule has 0 aliphatic carbocycles. The molecule has 5 nitrogen and oxygen atoms in total. The Labute approximate surface area is 122 Å². The number of rotatable bonds is 2. The molecule has 0 amide bonds. The summed E-state index contributed by atoms with van der Waals surface area (Å²) in [5.41, 5.74) is 1.07. The molecule has 2 unspecified atom stereocenters. The minimum atomic E-state index is -0.213. The van der Waals surface area contributed by atoms with Crippen molar-refractivity contribution in [3.63, 3.8) is 0 Å². The van der Waals surface area contributed by atoms with Crippen LogP contribution in [-0.2, 0) is 4.74 Å². The maximum atomic E-state index is 13.1. The molecule has 0 spiro atoms. The van der Waals surface area contributed by atoms with E-state index in [0.29, 0.717) is 12.5 Å². The topological polar surface area (TPSA) is 52.0 Å². The van der Waals surface area contributed by atoms with Gasteiger partial charge in [0.05, 0.1) is 12.6 Å². The lowest BCUT2D eigenvalue weighted by molar-refractivity contribution is 0.193. The van der Waals surface area contributed by atoms with Crippen LogP contribution in [-0.4, -0.2) is 34.5 Å². The van der Waals surface area contributed by atoms with Crippen LogP contribution in [0.5, 0.6) is 0 Å². The zero-order chi connectivity index (χ0) is 14.2. The summed E-state index contributed by atoms with van der Waals surface area (Å²) in [7, 11) is 0. The van der Waals surface area contributed by atoms with Crippen molar-refractivity contribution in [1.29, 1.82) is 0 Å². The smallest absolute Gasteiger partial charge is 0.221 e. The first-order valence-corrected chi connectivity index (χ1v) is 7.35. The molecular weight excluding hydrogens is 271 g/mol. The number of ether oxygens (including phenoxy) is 1. The van der Waals surface area contributed by atoms with Gasteiger partial charge < -0.3 is 10.1 Å². The first-order valence-electron chi connectivity index (χ1n) is 7.35. The van der Waals surface area contributed by atoms with E-state index in [1.54, 1.807) is 0 Å². The number of fused-ring (bicyclic) bond motifs is 1. The third-order valence-electron chi connectivity index (χ3n) is 4.19. The molecule has 1 fully saturated rings. The largest absolute Gasteiger partial charge is 0.381 e. The van der Waals surface area contributed by atoms with Crippen molar-refractivity contribution >= 4 is 5.95 Å². The van der Waals surface area contributed by atoms with Gasteiger partial charge >= 0.3 is 0 Å². The molecule has 3 heterocycles. The zero-order valence-corrected chi connectivity index (χ0v) is 11.6. The van der Waals surface area contributed by atoms with E-state index in [0.717, 1.165) is 43.3 Å². The molecule has 110 valence electrons. The van der Waals surface area contributed by atoms with Crippen LogP contribution in [0.4, 0.5) is 10.3 Å². The first kappa shape index (κ1) is 12.8. The van der Waals surface area contributed by atoms with Crippen LogP contribution >= 0.6 is 0 Å². The summed E-state index contributed by atoms with van der Waals surface area (Å²) in [6.45, 7) is 2.33. The highest BCUT2D eigenvalue weighted by Crippen LogP contribution is 2.31. The molecule has 1 aromatic heterocycles. The van der Waals surface area contributed by atoms with E-state index in [1.165, 1.54) is 12.1 Å². The molecule has 2 aromatic rings. The molecule has 6 heteroatoms. The Morgan fingerprint density at radius 1 is 1.24 bits per heavy atom. The Morgan fingerprint density at radius 2 is 2.10 bits per heavy atom. The highest BCUT2D eigenvalue weighted by Gasteiger charge is 2.28. The summed E-state index contributed by atoms with van der Waals surface area (Å²) in [6, 6.07) is 6.77. The predicted molar refractivity (Wildman–Crippen MR) is 75.8 cm³/mol. The van der Waals surface area contributed by atoms with Gasteiger partial charge in [-0.3, -0.25) is 0 Å². The highest BCUT2D eigenvalue weighted by atomic mass is 19.1. The minimum Gasteiger partial charge on any atom is -0.381 e. The Kier molecular flexibility index (Phi) is 3.11. The maximum Gasteiger partial charge on any atom is 0.221 e. The molecule has 2 aliphatic heterocycles. The summed E-state index contributed by atoms with van der Waals surface area (Å²) in [5, 5.41) is 7.97. The predicted octanol–water partition coefficient (Wildman–Crippen LogP) is 2.33. The van der Waals surface area contributed by atoms with Crippen molar-refractivity contribution in [3.05, 3.63) is 41.5 Å². The van der Waals surface area contributed by atoms with Gasteiger partial charge in [0.2, 0.25) is 5.95 Å². The summed E-state index contributed by atoms with van der Waals surface area (Å²) in [5.74, 6) is 1.73. The minimum absolute atomic E-state index is 0.116. The van der Waals surface area contributed by atoms with Crippen LogP contribution < -0.4 is 5.32 Å². The van der Waals surface area contributed by atoms with E-state index in [9.17, 15) is 4.39 Å². The molecule has 0 saturated carbocycles. The molecule has 2 aliphatic rings. The average molecular weight is 288 g/mol. The van der Waals surface area contributed by atoms with Gasteiger partial charge in [-0.25, -0.2) is 9.07 Å². The third kappa shape index (κ3) is 2.29. The van der Waals surface area contributed by atoms with Crippen molar-refractivity contribution in [2.45, 2.75) is 24.8 Å². The second-order valence-electron chi connectivity index (χ2n) is 5.58. The summed E-state index contributed by atoms with van der Waals surface area (Å²) in [4.78, 5) is 4.61. The van der Waals surface area contributed by atoms with Crippen LogP contribution in [0.2, 0.25) is 0 Å². The first-order chi connectivity index (χ1) is 10.3. The van der Waals surface area contributed by atoms with E-state index in [-0.39, 0.29) is 11.9 Å². The van der Waals surface area contributed by atoms with Crippen molar-refractivity contribution in [2.24, 2.45) is 0 Å². The Morgan fingerprint density at radius 3 is 2.86 bits per heavy atom. The number of hydrogen-bond donors (Lipinski definition) is 1. The van der Waals surface area contributed by atoms with Gasteiger partial charge in [0.25, 0.3) is 0 Å². The van der Waals surface area contributed by atoms with E-state index in [4.69, 9.17) is 4.74 Å². The quantitative estimate of drug-likeness (QED) is 0.921. The monoisotopic (exact) mass is 288 g/mol. The molecule has 21 heavy (non-hydrogen) atoms. The molecule has 4 rings (SSSR count). The van der Waals surface area contributed by atoms with Crippen molar-refractivity contribution in [1.82, 2.24) is 14.8 Å². The number of anilines is 1. The van der Waals surface area contributed by atoms with Crippen molar-refractivity contribution < 1.29 is 9.13 Å². The molecular formula is C15H17FN4O. The van der Waals surface area contributed by atoms with Gasteiger partial charge in [0.1, 0.15) is 5.82 Å². The average Bonchev–Trinajstić information content (AvgIpc) is 3.16. The van der Waals surface area contributed by atoms with Crippen LogP contribution in [0, 0.1) is 5.82 Å². The van der Waals surface area contributed by atoms with Crippen molar-refractivity contribution in [2.75, 3.05) is 25.1 Å². The molecule has 1 aromatic carbocycles. The maximum absolute atomic E-state index is 13.1. The lowest BCUT2D eigenvalue weighted by Crippen LogP contribution is -2.24. The fraction of sp³-hybridized carbons (Fsp3) is 0.467. The van der Waals surface area contributed by atoms with Gasteiger partial charge in [-0.05, 0) is 30.5 Å². The van der Waals surface area contributed by atoms with Gasteiger partial charge in [-0.1, -0.05) is 12.1 Å². The third-order valence-corrected chi connectivity index (χ3v) is 4.19. The van der Waals surface area contributed by atoms with Crippen LogP contribution in [0.3, 0.4) is 0 Å². The fourth-order valence-electron chi connectivity index (χ4n) is 3.02. The second-order valence-corrected chi connectivity index (χ2v) is 5.58. The standard InChI is InChI=1S/C15H17FN4O/c16-12-3-1-10(2-4-12)13-5-7-17-15-18-14(19-20(13)15)11-6-8-21-9-11/h1-4,11,13H,5-9H2,(H,17,18,19). The van der Waals surface area contributed by atoms with Crippen molar-refractivity contribution in [3.8, 4) is 0 Å². The lowest BCUT2D eigenvalue weighted by Gasteiger charge is -2.24. The van der Waals surface area contributed by atoms with Crippen LogP contribution in [0.15, 0.2) is 24.3 Å². The number of hydrogen-bond acceptors (Lipinski definition) is 4. The number of benzene rings is 1. The molecule has 1 saturated heterocycles. The van der Waals surface area contributed by atoms with E-state index < -0.39 is 0 Å². The van der Waals surface area contributed by atoms with E-state index in [1.807, 2.05) is 16.8 Å². The highest BCUT2D eigenvalue weighted by molar-refractivity contribution is 5.33.